The lowest BCUT2D eigenvalue weighted by Crippen LogP contribution is -2.57. The molecule has 6 heteroatoms. The fourth-order valence-electron chi connectivity index (χ4n) is 5.04. The number of carbonyl (C=O) groups is 2. The van der Waals surface area contributed by atoms with Crippen molar-refractivity contribution < 1.29 is 19.1 Å². The van der Waals surface area contributed by atoms with Crippen molar-refractivity contribution in [2.45, 2.75) is 64.1 Å². The van der Waals surface area contributed by atoms with Gasteiger partial charge in [0.25, 0.3) is 5.91 Å². The minimum absolute atomic E-state index is 0.00337. The topological polar surface area (TPSA) is 59.1 Å². The van der Waals surface area contributed by atoms with Crippen molar-refractivity contribution in [2.24, 2.45) is 0 Å². The first-order valence-corrected chi connectivity index (χ1v) is 12.1. The number of rotatable bonds is 7. The molecule has 6 nitrogen and oxygen atoms in total. The quantitative estimate of drug-likeness (QED) is 0.573. The Balaban J connectivity index is 1.71. The lowest BCUT2D eigenvalue weighted by Gasteiger charge is -2.43. The molecular weight excluding hydrogens is 416 g/mol. The van der Waals surface area contributed by atoms with E-state index in [1.807, 2.05) is 60.4 Å². The number of amides is 2. The van der Waals surface area contributed by atoms with Crippen LogP contribution in [0.5, 0.6) is 11.5 Å². The van der Waals surface area contributed by atoms with Crippen LogP contribution in [0.2, 0.25) is 0 Å². The minimum atomic E-state index is -0.681. The minimum Gasteiger partial charge on any atom is -0.493 e. The van der Waals surface area contributed by atoms with E-state index in [2.05, 4.69) is 0 Å². The zero-order chi connectivity index (χ0) is 23.2. The number of hydrogen-bond acceptors (Lipinski definition) is 4. The Morgan fingerprint density at radius 2 is 1.67 bits per heavy atom. The Morgan fingerprint density at radius 3 is 2.33 bits per heavy atom. The van der Waals surface area contributed by atoms with Crippen LogP contribution in [0.15, 0.2) is 48.5 Å². The Morgan fingerprint density at radius 1 is 0.939 bits per heavy atom. The van der Waals surface area contributed by atoms with Crippen LogP contribution in [0.25, 0.3) is 0 Å². The molecule has 0 unspecified atom stereocenters. The second kappa shape index (κ2) is 10.7. The molecule has 33 heavy (non-hydrogen) atoms. The molecule has 1 saturated heterocycles. The van der Waals surface area contributed by atoms with Crippen LogP contribution in [-0.2, 0) is 16.1 Å². The van der Waals surface area contributed by atoms with Gasteiger partial charge in [-0.1, -0.05) is 62.1 Å². The molecule has 4 rings (SSSR count). The van der Waals surface area contributed by atoms with Gasteiger partial charge in [-0.3, -0.25) is 9.59 Å². The predicted molar refractivity (Wildman–Crippen MR) is 127 cm³/mol. The molecule has 0 spiro atoms. The van der Waals surface area contributed by atoms with E-state index in [-0.39, 0.29) is 24.4 Å². The highest BCUT2D eigenvalue weighted by Gasteiger charge is 2.43. The normalized spacial score (nSPS) is 20.0. The molecule has 0 aromatic heterocycles. The van der Waals surface area contributed by atoms with Crippen LogP contribution in [-0.4, -0.2) is 47.9 Å². The summed E-state index contributed by atoms with van der Waals surface area (Å²) in [5.74, 6) is 1.19. The van der Waals surface area contributed by atoms with E-state index >= 15 is 0 Å². The van der Waals surface area contributed by atoms with Gasteiger partial charge < -0.3 is 19.3 Å². The molecule has 0 bridgehead atoms. The third-order valence-corrected chi connectivity index (χ3v) is 6.72. The van der Waals surface area contributed by atoms with E-state index in [1.165, 1.54) is 12.8 Å². The summed E-state index contributed by atoms with van der Waals surface area (Å²) in [6.07, 6.45) is 6.56. The zero-order valence-electron chi connectivity index (χ0n) is 19.7. The highest BCUT2D eigenvalue weighted by Crippen LogP contribution is 2.37. The Labute approximate surface area is 196 Å². The van der Waals surface area contributed by atoms with Crippen LogP contribution < -0.4 is 9.47 Å². The highest BCUT2D eigenvalue weighted by atomic mass is 16.5. The molecule has 1 saturated carbocycles. The zero-order valence-corrected chi connectivity index (χ0v) is 19.7. The fourth-order valence-corrected chi connectivity index (χ4v) is 5.04. The molecule has 2 aromatic rings. The summed E-state index contributed by atoms with van der Waals surface area (Å²) in [4.78, 5) is 31.0. The van der Waals surface area contributed by atoms with Gasteiger partial charge in [0.05, 0.1) is 13.7 Å². The summed E-state index contributed by atoms with van der Waals surface area (Å²) in [6.45, 7) is 2.99. The van der Waals surface area contributed by atoms with E-state index < -0.39 is 6.04 Å². The maximum atomic E-state index is 14.0. The summed E-state index contributed by atoms with van der Waals surface area (Å²) >= 11 is 0. The molecular formula is C27H34N2O4. The maximum Gasteiger partial charge on any atom is 0.250 e. The largest absolute Gasteiger partial charge is 0.493 e. The van der Waals surface area contributed by atoms with Crippen LogP contribution in [0.3, 0.4) is 0 Å². The molecule has 1 heterocycles. The van der Waals surface area contributed by atoms with E-state index in [4.69, 9.17) is 9.47 Å². The molecule has 176 valence electrons. The van der Waals surface area contributed by atoms with Crippen molar-refractivity contribution in [3.63, 3.8) is 0 Å². The SMILES string of the molecule is CCOc1ccc([C@H]2C(=O)N(C3CCCCCC3)CC(=O)N2Cc2ccccc2)cc1OC. The molecule has 2 aliphatic rings. The summed E-state index contributed by atoms with van der Waals surface area (Å²) < 4.78 is 11.2. The van der Waals surface area contributed by atoms with Crippen molar-refractivity contribution in [1.82, 2.24) is 9.80 Å². The molecule has 2 fully saturated rings. The molecule has 2 amide bonds. The van der Waals surface area contributed by atoms with Gasteiger partial charge in [0.15, 0.2) is 11.5 Å². The summed E-state index contributed by atoms with van der Waals surface area (Å²) in [5.41, 5.74) is 1.76. The maximum absolute atomic E-state index is 14.0. The summed E-state index contributed by atoms with van der Waals surface area (Å²) in [7, 11) is 1.59. The van der Waals surface area contributed by atoms with Crippen molar-refractivity contribution in [1.29, 1.82) is 0 Å². The first-order valence-electron chi connectivity index (χ1n) is 12.1. The first-order chi connectivity index (χ1) is 16.1. The van der Waals surface area contributed by atoms with Crippen molar-refractivity contribution in [3.8, 4) is 11.5 Å². The molecule has 1 atom stereocenters. The lowest BCUT2D eigenvalue weighted by atomic mass is 9.96. The smallest absolute Gasteiger partial charge is 0.250 e. The van der Waals surface area contributed by atoms with Crippen molar-refractivity contribution in [2.75, 3.05) is 20.3 Å². The van der Waals surface area contributed by atoms with E-state index in [0.29, 0.717) is 24.7 Å². The first kappa shape index (κ1) is 23.1. The van der Waals surface area contributed by atoms with Crippen molar-refractivity contribution in [3.05, 3.63) is 59.7 Å². The van der Waals surface area contributed by atoms with Gasteiger partial charge in [0, 0.05) is 12.6 Å². The molecule has 0 N–H and O–H groups in total. The number of ether oxygens (including phenoxy) is 2. The number of nitrogens with zero attached hydrogens (tertiary/aromatic N) is 2. The van der Waals surface area contributed by atoms with Gasteiger partial charge >= 0.3 is 0 Å². The van der Waals surface area contributed by atoms with Crippen LogP contribution >= 0.6 is 0 Å². The standard InChI is InChI=1S/C27H34N2O4/c1-3-33-23-16-15-21(17-24(23)32-2)26-27(31)28(22-13-9-4-5-10-14-22)19-25(30)29(26)18-20-11-7-6-8-12-20/h6-8,11-12,15-17,22,26H,3-5,9-10,13-14,18-19H2,1-2H3/t26-/m0/s1. The Kier molecular flexibility index (Phi) is 7.53. The van der Waals surface area contributed by atoms with Gasteiger partial charge in [-0.25, -0.2) is 0 Å². The van der Waals surface area contributed by atoms with Crippen LogP contribution in [0.1, 0.15) is 62.6 Å². The number of piperazine rings is 1. The van der Waals surface area contributed by atoms with Crippen LogP contribution in [0.4, 0.5) is 0 Å². The Hall–Kier alpha value is -3.02. The molecule has 0 radical (unpaired) electrons. The number of benzene rings is 2. The van der Waals surface area contributed by atoms with Gasteiger partial charge in [-0.2, -0.15) is 0 Å². The van der Waals surface area contributed by atoms with Gasteiger partial charge in [0.1, 0.15) is 12.6 Å². The predicted octanol–water partition coefficient (Wildman–Crippen LogP) is 4.73. The fraction of sp³-hybridized carbons (Fsp3) is 0.481. The van der Waals surface area contributed by atoms with E-state index in [0.717, 1.165) is 36.8 Å². The number of methoxy groups -OCH3 is 1. The Bertz CT molecular complexity index is 954. The van der Waals surface area contributed by atoms with Gasteiger partial charge in [-0.05, 0) is 43.0 Å². The molecule has 1 aliphatic carbocycles. The van der Waals surface area contributed by atoms with E-state index in [9.17, 15) is 9.59 Å². The lowest BCUT2D eigenvalue weighted by molar-refractivity contribution is -0.159. The highest BCUT2D eigenvalue weighted by molar-refractivity contribution is 5.96. The van der Waals surface area contributed by atoms with Crippen molar-refractivity contribution >= 4 is 11.8 Å². The summed E-state index contributed by atoms with van der Waals surface area (Å²) in [5, 5.41) is 0. The monoisotopic (exact) mass is 450 g/mol. The summed E-state index contributed by atoms with van der Waals surface area (Å²) in [6, 6.07) is 14.9. The average molecular weight is 451 g/mol. The second-order valence-electron chi connectivity index (χ2n) is 8.86. The third kappa shape index (κ3) is 5.15. The molecule has 1 aliphatic heterocycles. The number of carbonyl (C=O) groups excluding carboxylic acids is 2. The second-order valence-corrected chi connectivity index (χ2v) is 8.86. The average Bonchev–Trinajstić information content (AvgIpc) is 3.12. The van der Waals surface area contributed by atoms with E-state index in [1.54, 1.807) is 12.0 Å². The number of hydrogen-bond donors (Lipinski definition) is 0. The van der Waals surface area contributed by atoms with Gasteiger partial charge in [0.2, 0.25) is 5.91 Å². The van der Waals surface area contributed by atoms with Gasteiger partial charge in [-0.15, -0.1) is 0 Å². The van der Waals surface area contributed by atoms with Crippen LogP contribution in [0, 0.1) is 0 Å². The third-order valence-electron chi connectivity index (χ3n) is 6.72. The molecule has 2 aromatic carbocycles.